The number of nitrogens with zero attached hydrogens (tertiary/aromatic N) is 2. The molecule has 1 heterocycles. The van der Waals surface area contributed by atoms with Crippen LogP contribution in [0.4, 0.5) is 0 Å². The van der Waals surface area contributed by atoms with Gasteiger partial charge < -0.3 is 13.9 Å². The topological polar surface area (TPSA) is 57.4 Å². The highest BCUT2D eigenvalue weighted by molar-refractivity contribution is 5.88. The van der Waals surface area contributed by atoms with E-state index in [1.54, 1.807) is 0 Å². The van der Waals surface area contributed by atoms with Crippen molar-refractivity contribution in [2.24, 2.45) is 0 Å². The zero-order chi connectivity index (χ0) is 41.0. The molecule has 0 radical (unpaired) electrons. The summed E-state index contributed by atoms with van der Waals surface area (Å²) in [4.78, 5) is 0. The number of unbranched alkanes of at least 4 members (excludes halogenated alkanes) is 26. The minimum absolute atomic E-state index is 0.521. The van der Waals surface area contributed by atoms with E-state index in [9.17, 15) is 0 Å². The quantitative estimate of drug-likeness (QED) is 0.0388. The van der Waals surface area contributed by atoms with Crippen LogP contribution in [0.2, 0.25) is 0 Å². The van der Waals surface area contributed by atoms with Gasteiger partial charge in [0.05, 0.1) is 13.2 Å². The fraction of sp³-hybridized carbons (Fsp3) is 0.593. The van der Waals surface area contributed by atoms with Crippen molar-refractivity contribution in [3.63, 3.8) is 0 Å². The molecule has 1 aromatic heterocycles. The first-order valence-electron chi connectivity index (χ1n) is 24.4. The van der Waals surface area contributed by atoms with Crippen LogP contribution >= 0.6 is 0 Å². The van der Waals surface area contributed by atoms with Crippen LogP contribution in [0.25, 0.3) is 44.5 Å². The zero-order valence-electron chi connectivity index (χ0n) is 37.3. The standard InChI is InChI=1S/C54H78N2O3/c1-3-5-7-9-11-13-15-17-19-21-23-25-27-29-39-57-51-37-35-45-41-49(33-31-47(45)43-51)53-55-56-54(59-53)50-34-32-48-44-52(38-36-46(48)42-50)58-40-30-28-26-24-22-20-18-16-14-12-10-8-6-4-2/h31-38,41-44H,3-30,39-40H2,1-2H3. The molecule has 0 fully saturated rings. The lowest BCUT2D eigenvalue weighted by atomic mass is 10.0. The minimum atomic E-state index is 0.521. The lowest BCUT2D eigenvalue weighted by molar-refractivity contribution is 0.304. The maximum absolute atomic E-state index is 6.20. The number of hydrogen-bond donors (Lipinski definition) is 0. The maximum Gasteiger partial charge on any atom is 0.248 e. The van der Waals surface area contributed by atoms with E-state index in [0.29, 0.717) is 11.8 Å². The highest BCUT2D eigenvalue weighted by Gasteiger charge is 2.13. The molecule has 0 saturated carbocycles. The third-order valence-electron chi connectivity index (χ3n) is 12.1. The van der Waals surface area contributed by atoms with Gasteiger partial charge in [-0.2, -0.15) is 0 Å². The number of ether oxygens (including phenoxy) is 2. The number of hydrogen-bond acceptors (Lipinski definition) is 5. The Balaban J connectivity index is 0.952. The molecule has 0 aliphatic heterocycles. The predicted molar refractivity (Wildman–Crippen MR) is 252 cm³/mol. The first-order chi connectivity index (χ1) is 29.2. The molecule has 0 spiro atoms. The fourth-order valence-corrected chi connectivity index (χ4v) is 8.32. The Labute approximate surface area is 358 Å². The number of rotatable bonds is 34. The summed E-state index contributed by atoms with van der Waals surface area (Å²) >= 11 is 0. The van der Waals surface area contributed by atoms with E-state index >= 15 is 0 Å². The minimum Gasteiger partial charge on any atom is -0.494 e. The highest BCUT2D eigenvalue weighted by Crippen LogP contribution is 2.31. The van der Waals surface area contributed by atoms with Crippen molar-refractivity contribution in [2.75, 3.05) is 13.2 Å². The SMILES string of the molecule is CCCCCCCCCCCCCCCCOc1ccc2cc(-c3nnc(-c4ccc5cc(OCCCCCCCCCCCCCCCC)ccc5c4)o3)ccc2c1. The monoisotopic (exact) mass is 803 g/mol. The molecule has 0 saturated heterocycles. The molecule has 5 aromatic rings. The molecule has 0 aliphatic rings. The van der Waals surface area contributed by atoms with Gasteiger partial charge in [0.1, 0.15) is 11.5 Å². The Hall–Kier alpha value is -3.86. The lowest BCUT2D eigenvalue weighted by Crippen LogP contribution is -1.97. The molecule has 0 bridgehead atoms. The van der Waals surface area contributed by atoms with Gasteiger partial charge in [-0.1, -0.05) is 205 Å². The third kappa shape index (κ3) is 17.7. The Morgan fingerprint density at radius 1 is 0.339 bits per heavy atom. The maximum atomic E-state index is 6.20. The van der Waals surface area contributed by atoms with Crippen molar-refractivity contribution < 1.29 is 13.9 Å². The van der Waals surface area contributed by atoms with Gasteiger partial charge in [0.2, 0.25) is 11.8 Å². The van der Waals surface area contributed by atoms with E-state index in [1.807, 2.05) is 0 Å². The normalized spacial score (nSPS) is 11.6. The van der Waals surface area contributed by atoms with Crippen molar-refractivity contribution in [3.05, 3.63) is 72.8 Å². The Bertz CT molecular complexity index is 1710. The van der Waals surface area contributed by atoms with Crippen molar-refractivity contribution in [1.82, 2.24) is 10.2 Å². The smallest absolute Gasteiger partial charge is 0.248 e. The summed E-state index contributed by atoms with van der Waals surface area (Å²) in [6.45, 7) is 6.13. The molecule has 5 rings (SSSR count). The summed E-state index contributed by atoms with van der Waals surface area (Å²) in [5.74, 6) is 2.90. The summed E-state index contributed by atoms with van der Waals surface area (Å²) < 4.78 is 18.5. The molecule has 5 heteroatoms. The van der Waals surface area contributed by atoms with Crippen molar-refractivity contribution in [1.29, 1.82) is 0 Å². The average Bonchev–Trinajstić information content (AvgIpc) is 3.77. The van der Waals surface area contributed by atoms with Crippen molar-refractivity contribution in [3.8, 4) is 34.4 Å². The van der Waals surface area contributed by atoms with E-state index in [1.165, 1.54) is 167 Å². The highest BCUT2D eigenvalue weighted by atomic mass is 16.5. The van der Waals surface area contributed by atoms with Crippen LogP contribution in [-0.2, 0) is 0 Å². The second-order valence-electron chi connectivity index (χ2n) is 17.2. The molecule has 0 N–H and O–H groups in total. The van der Waals surface area contributed by atoms with Crippen LogP contribution in [0.1, 0.15) is 194 Å². The van der Waals surface area contributed by atoms with Crippen LogP contribution in [0.15, 0.2) is 77.2 Å². The molecule has 5 nitrogen and oxygen atoms in total. The molecule has 322 valence electrons. The second kappa shape index (κ2) is 28.6. The zero-order valence-corrected chi connectivity index (χ0v) is 37.3. The third-order valence-corrected chi connectivity index (χ3v) is 12.1. The number of aromatic nitrogens is 2. The van der Waals surface area contributed by atoms with Gasteiger partial charge in [0, 0.05) is 11.1 Å². The molecule has 4 aromatic carbocycles. The number of fused-ring (bicyclic) bond motifs is 2. The molecule has 0 amide bonds. The molecular formula is C54H78N2O3. The first kappa shape index (κ1) is 46.2. The summed E-state index contributed by atoms with van der Waals surface area (Å²) in [6.07, 6.45) is 38.3. The first-order valence-corrected chi connectivity index (χ1v) is 24.4. The Morgan fingerprint density at radius 3 is 0.966 bits per heavy atom. The van der Waals surface area contributed by atoms with Gasteiger partial charge in [-0.3, -0.25) is 0 Å². The molecule has 59 heavy (non-hydrogen) atoms. The molecule has 0 atom stereocenters. The largest absolute Gasteiger partial charge is 0.494 e. The van der Waals surface area contributed by atoms with E-state index in [2.05, 4.69) is 96.8 Å². The van der Waals surface area contributed by atoms with Crippen LogP contribution in [0, 0.1) is 0 Å². The van der Waals surface area contributed by atoms with Crippen LogP contribution in [-0.4, -0.2) is 23.4 Å². The summed E-state index contributed by atoms with van der Waals surface area (Å²) in [7, 11) is 0. The van der Waals surface area contributed by atoms with Crippen molar-refractivity contribution >= 4 is 21.5 Å². The van der Waals surface area contributed by atoms with E-state index in [4.69, 9.17) is 13.9 Å². The second-order valence-corrected chi connectivity index (χ2v) is 17.2. The summed E-state index contributed by atoms with van der Waals surface area (Å²) in [5.41, 5.74) is 1.82. The summed E-state index contributed by atoms with van der Waals surface area (Å²) in [6, 6.07) is 25.2. The Morgan fingerprint density at radius 2 is 0.627 bits per heavy atom. The number of benzene rings is 4. The van der Waals surface area contributed by atoms with Crippen LogP contribution in [0.3, 0.4) is 0 Å². The lowest BCUT2D eigenvalue weighted by Gasteiger charge is -2.08. The van der Waals surface area contributed by atoms with Gasteiger partial charge in [-0.05, 0) is 82.9 Å². The van der Waals surface area contributed by atoms with Gasteiger partial charge in [-0.15, -0.1) is 10.2 Å². The van der Waals surface area contributed by atoms with Gasteiger partial charge >= 0.3 is 0 Å². The van der Waals surface area contributed by atoms with E-state index in [0.717, 1.165) is 70.2 Å². The molecule has 0 unspecified atom stereocenters. The summed E-state index contributed by atoms with van der Waals surface area (Å²) in [5, 5.41) is 13.4. The Kier molecular flexibility index (Phi) is 22.4. The van der Waals surface area contributed by atoms with Gasteiger partial charge in [-0.25, -0.2) is 0 Å². The molecular weight excluding hydrogens is 725 g/mol. The van der Waals surface area contributed by atoms with Crippen LogP contribution < -0.4 is 9.47 Å². The van der Waals surface area contributed by atoms with E-state index < -0.39 is 0 Å². The molecule has 0 aliphatic carbocycles. The fourth-order valence-electron chi connectivity index (χ4n) is 8.32. The average molecular weight is 803 g/mol. The van der Waals surface area contributed by atoms with Crippen molar-refractivity contribution in [2.45, 2.75) is 194 Å². The predicted octanol–water partition coefficient (Wildman–Crippen LogP) is 17.4. The van der Waals surface area contributed by atoms with E-state index in [-0.39, 0.29) is 0 Å². The van der Waals surface area contributed by atoms with Crippen LogP contribution in [0.5, 0.6) is 11.5 Å². The van der Waals surface area contributed by atoms with Gasteiger partial charge in [0.15, 0.2) is 0 Å². The van der Waals surface area contributed by atoms with Gasteiger partial charge in [0.25, 0.3) is 0 Å².